The third-order valence-corrected chi connectivity index (χ3v) is 4.57. The number of rotatable bonds is 5. The average molecular weight is 256 g/mol. The van der Waals surface area contributed by atoms with Crippen LogP contribution in [0.5, 0.6) is 0 Å². The Bertz CT molecular complexity index is 483. The molecule has 0 saturated carbocycles. The summed E-state index contributed by atoms with van der Waals surface area (Å²) in [6.45, 7) is 4.56. The summed E-state index contributed by atoms with van der Waals surface area (Å²) in [6, 6.07) is 6.02. The molecule has 0 unspecified atom stereocenters. The van der Waals surface area contributed by atoms with Gasteiger partial charge in [0.05, 0.1) is 5.75 Å². The molecule has 5 heteroatoms. The van der Waals surface area contributed by atoms with Crippen LogP contribution in [0.4, 0.5) is 0 Å². The van der Waals surface area contributed by atoms with Gasteiger partial charge < -0.3 is 5.73 Å². The minimum atomic E-state index is -3.23. The number of nitrogens with zero attached hydrogens (tertiary/aromatic N) is 1. The zero-order chi connectivity index (χ0) is 13.1. The highest BCUT2D eigenvalue weighted by Crippen LogP contribution is 2.14. The summed E-state index contributed by atoms with van der Waals surface area (Å²) in [5.41, 5.74) is 8.61. The fourth-order valence-corrected chi connectivity index (χ4v) is 2.61. The summed E-state index contributed by atoms with van der Waals surface area (Å²) in [5.74, 6) is -0.00555. The Morgan fingerprint density at radius 1 is 1.29 bits per heavy atom. The molecule has 4 nitrogen and oxygen atoms in total. The van der Waals surface area contributed by atoms with E-state index in [4.69, 9.17) is 5.73 Å². The lowest BCUT2D eigenvalue weighted by molar-refractivity contribution is 0.466. The van der Waals surface area contributed by atoms with E-state index in [2.05, 4.69) is 6.07 Å². The van der Waals surface area contributed by atoms with E-state index in [0.29, 0.717) is 6.54 Å². The molecule has 17 heavy (non-hydrogen) atoms. The van der Waals surface area contributed by atoms with Crippen molar-refractivity contribution in [3.63, 3.8) is 0 Å². The van der Waals surface area contributed by atoms with Gasteiger partial charge in [0, 0.05) is 20.1 Å². The first-order valence-electron chi connectivity index (χ1n) is 5.57. The Hall–Kier alpha value is -0.910. The molecule has 0 aliphatic heterocycles. The second-order valence-electron chi connectivity index (χ2n) is 4.29. The Morgan fingerprint density at radius 3 is 2.47 bits per heavy atom. The molecule has 0 aliphatic carbocycles. The maximum absolute atomic E-state index is 11.8. The lowest BCUT2D eigenvalue weighted by Gasteiger charge is -2.18. The first kappa shape index (κ1) is 14.2. The van der Waals surface area contributed by atoms with E-state index in [1.54, 1.807) is 7.05 Å². The summed E-state index contributed by atoms with van der Waals surface area (Å²) < 4.78 is 24.9. The van der Waals surface area contributed by atoms with Gasteiger partial charge in [-0.15, -0.1) is 0 Å². The van der Waals surface area contributed by atoms with Crippen molar-refractivity contribution in [3.05, 3.63) is 34.9 Å². The standard InChI is InChI=1S/C12H20N2O2S/c1-10-4-5-12(11(2)8-10)9-14(3)17(15,16)7-6-13/h4-5,8H,6-7,9,13H2,1-3H3. The first-order valence-corrected chi connectivity index (χ1v) is 7.18. The monoisotopic (exact) mass is 256 g/mol. The Kier molecular flexibility index (Phi) is 4.68. The van der Waals surface area contributed by atoms with Crippen molar-refractivity contribution < 1.29 is 8.42 Å². The van der Waals surface area contributed by atoms with Crippen molar-refractivity contribution in [2.24, 2.45) is 5.73 Å². The molecule has 2 N–H and O–H groups in total. The molecular weight excluding hydrogens is 236 g/mol. The maximum Gasteiger partial charge on any atom is 0.215 e. The minimum Gasteiger partial charge on any atom is -0.329 e. The summed E-state index contributed by atoms with van der Waals surface area (Å²) in [4.78, 5) is 0. The lowest BCUT2D eigenvalue weighted by atomic mass is 10.1. The van der Waals surface area contributed by atoms with E-state index in [0.717, 1.165) is 11.1 Å². The minimum absolute atomic E-state index is 0.00555. The second-order valence-corrected chi connectivity index (χ2v) is 6.49. The van der Waals surface area contributed by atoms with E-state index in [9.17, 15) is 8.42 Å². The van der Waals surface area contributed by atoms with Gasteiger partial charge in [0.1, 0.15) is 0 Å². The van der Waals surface area contributed by atoms with Gasteiger partial charge in [0.25, 0.3) is 0 Å². The SMILES string of the molecule is Cc1ccc(CN(C)S(=O)(=O)CCN)c(C)c1. The molecule has 0 saturated heterocycles. The van der Waals surface area contributed by atoms with Gasteiger partial charge in [0.15, 0.2) is 0 Å². The zero-order valence-corrected chi connectivity index (χ0v) is 11.4. The van der Waals surface area contributed by atoms with Crippen LogP contribution in [0, 0.1) is 13.8 Å². The highest BCUT2D eigenvalue weighted by molar-refractivity contribution is 7.89. The van der Waals surface area contributed by atoms with Crippen molar-refractivity contribution in [3.8, 4) is 0 Å². The zero-order valence-electron chi connectivity index (χ0n) is 10.6. The van der Waals surface area contributed by atoms with Gasteiger partial charge in [-0.25, -0.2) is 12.7 Å². The number of sulfonamides is 1. The molecule has 0 heterocycles. The summed E-state index contributed by atoms with van der Waals surface area (Å²) >= 11 is 0. The Labute approximate surface area is 103 Å². The van der Waals surface area contributed by atoms with Crippen molar-refractivity contribution >= 4 is 10.0 Å². The van der Waals surface area contributed by atoms with Crippen LogP contribution in [-0.4, -0.2) is 32.1 Å². The molecule has 0 amide bonds. The maximum atomic E-state index is 11.8. The van der Waals surface area contributed by atoms with Crippen LogP contribution in [0.2, 0.25) is 0 Å². The largest absolute Gasteiger partial charge is 0.329 e. The van der Waals surface area contributed by atoms with Crippen LogP contribution in [0.3, 0.4) is 0 Å². The van der Waals surface area contributed by atoms with E-state index >= 15 is 0 Å². The van der Waals surface area contributed by atoms with E-state index in [-0.39, 0.29) is 12.3 Å². The molecule has 0 aliphatic rings. The van der Waals surface area contributed by atoms with Crippen LogP contribution in [0.15, 0.2) is 18.2 Å². The molecule has 0 aromatic heterocycles. The molecule has 0 atom stereocenters. The van der Waals surface area contributed by atoms with Crippen molar-refractivity contribution in [1.82, 2.24) is 4.31 Å². The third-order valence-electron chi connectivity index (χ3n) is 2.74. The fourth-order valence-electron chi connectivity index (χ4n) is 1.67. The second kappa shape index (κ2) is 5.62. The highest BCUT2D eigenvalue weighted by atomic mass is 32.2. The molecule has 0 fully saturated rings. The molecule has 1 aromatic carbocycles. The summed E-state index contributed by atoms with van der Waals surface area (Å²) in [5, 5.41) is 0. The first-order chi connectivity index (χ1) is 7.86. The van der Waals surface area contributed by atoms with E-state index in [1.165, 1.54) is 9.87 Å². The van der Waals surface area contributed by atoms with Gasteiger partial charge in [-0.3, -0.25) is 0 Å². The molecule has 1 aromatic rings. The molecular formula is C12H20N2O2S. The molecule has 96 valence electrons. The molecule has 0 radical (unpaired) electrons. The Balaban J connectivity index is 2.85. The molecule has 0 spiro atoms. The number of aryl methyl sites for hydroxylation is 2. The van der Waals surface area contributed by atoms with E-state index in [1.807, 2.05) is 26.0 Å². The molecule has 1 rings (SSSR count). The van der Waals surface area contributed by atoms with Gasteiger partial charge in [-0.2, -0.15) is 0 Å². The number of nitrogens with two attached hydrogens (primary N) is 1. The van der Waals surface area contributed by atoms with Crippen LogP contribution in [-0.2, 0) is 16.6 Å². The lowest BCUT2D eigenvalue weighted by Crippen LogP contribution is -2.31. The van der Waals surface area contributed by atoms with Crippen molar-refractivity contribution in [2.75, 3.05) is 19.3 Å². The van der Waals surface area contributed by atoms with Crippen LogP contribution in [0.25, 0.3) is 0 Å². The molecule has 0 bridgehead atoms. The number of benzene rings is 1. The average Bonchev–Trinajstić information content (AvgIpc) is 2.22. The predicted molar refractivity (Wildman–Crippen MR) is 70.2 cm³/mol. The number of hydrogen-bond donors (Lipinski definition) is 1. The smallest absolute Gasteiger partial charge is 0.215 e. The van der Waals surface area contributed by atoms with Gasteiger partial charge in [-0.1, -0.05) is 23.8 Å². The summed E-state index contributed by atoms with van der Waals surface area (Å²) in [7, 11) is -1.64. The third kappa shape index (κ3) is 3.80. The normalized spacial score (nSPS) is 12.1. The van der Waals surface area contributed by atoms with Crippen molar-refractivity contribution in [1.29, 1.82) is 0 Å². The number of hydrogen-bond acceptors (Lipinski definition) is 3. The van der Waals surface area contributed by atoms with Gasteiger partial charge >= 0.3 is 0 Å². The highest BCUT2D eigenvalue weighted by Gasteiger charge is 2.17. The van der Waals surface area contributed by atoms with Crippen LogP contribution >= 0.6 is 0 Å². The van der Waals surface area contributed by atoms with Gasteiger partial charge in [-0.05, 0) is 25.0 Å². The fraction of sp³-hybridized carbons (Fsp3) is 0.500. The topological polar surface area (TPSA) is 63.4 Å². The van der Waals surface area contributed by atoms with E-state index < -0.39 is 10.0 Å². The van der Waals surface area contributed by atoms with Gasteiger partial charge in [0.2, 0.25) is 10.0 Å². The predicted octanol–water partition coefficient (Wildman–Crippen LogP) is 1.02. The van der Waals surface area contributed by atoms with Crippen LogP contribution < -0.4 is 5.73 Å². The quantitative estimate of drug-likeness (QED) is 0.855. The summed E-state index contributed by atoms with van der Waals surface area (Å²) in [6.07, 6.45) is 0. The van der Waals surface area contributed by atoms with Crippen LogP contribution in [0.1, 0.15) is 16.7 Å². The Morgan fingerprint density at radius 2 is 1.94 bits per heavy atom. The van der Waals surface area contributed by atoms with Crippen molar-refractivity contribution in [2.45, 2.75) is 20.4 Å².